The molecular weight excluding hydrogens is 311 g/mol. The van der Waals surface area contributed by atoms with Gasteiger partial charge in [-0.2, -0.15) is 22.0 Å². The van der Waals surface area contributed by atoms with E-state index in [2.05, 4.69) is 9.72 Å². The van der Waals surface area contributed by atoms with Gasteiger partial charge in [-0.1, -0.05) is 12.1 Å². The van der Waals surface area contributed by atoms with Gasteiger partial charge in [0, 0.05) is 12.4 Å². The second-order valence-corrected chi connectivity index (χ2v) is 4.20. The number of halogens is 5. The van der Waals surface area contributed by atoms with E-state index in [4.69, 9.17) is 4.74 Å². The predicted molar refractivity (Wildman–Crippen MR) is 65.7 cm³/mol. The maximum absolute atomic E-state index is 12.4. The van der Waals surface area contributed by atoms with Gasteiger partial charge in [-0.05, 0) is 12.1 Å². The van der Waals surface area contributed by atoms with Crippen LogP contribution in [0.15, 0.2) is 36.7 Å². The normalized spacial score (nSPS) is 11.7. The first-order valence-electron chi connectivity index (χ1n) is 6.08. The average Bonchev–Trinajstić information content (AvgIpc) is 2.82. The van der Waals surface area contributed by atoms with Crippen LogP contribution in [-0.2, 0) is 13.2 Å². The summed E-state index contributed by atoms with van der Waals surface area (Å²) in [6, 6.07) is 5.63. The first-order valence-corrected chi connectivity index (χ1v) is 6.08. The number of hydrogen-bond donors (Lipinski definition) is 0. The van der Waals surface area contributed by atoms with Gasteiger partial charge in [0.2, 0.25) is 0 Å². The van der Waals surface area contributed by atoms with E-state index in [0.717, 1.165) is 10.8 Å². The SMILES string of the molecule is FC(F)Oc1ccccc1OCc1nccn1CC(F)(F)F. The van der Waals surface area contributed by atoms with Crippen molar-refractivity contribution in [1.29, 1.82) is 0 Å². The smallest absolute Gasteiger partial charge is 0.406 e. The molecule has 0 unspecified atom stereocenters. The fourth-order valence-corrected chi connectivity index (χ4v) is 1.72. The average molecular weight is 322 g/mol. The molecule has 120 valence electrons. The molecule has 0 radical (unpaired) electrons. The molecule has 0 saturated carbocycles. The quantitative estimate of drug-likeness (QED) is 0.762. The topological polar surface area (TPSA) is 36.3 Å². The van der Waals surface area contributed by atoms with E-state index in [9.17, 15) is 22.0 Å². The summed E-state index contributed by atoms with van der Waals surface area (Å²) >= 11 is 0. The summed E-state index contributed by atoms with van der Waals surface area (Å²) < 4.78 is 72.0. The van der Waals surface area contributed by atoms with Crippen molar-refractivity contribution in [1.82, 2.24) is 9.55 Å². The van der Waals surface area contributed by atoms with Crippen molar-refractivity contribution >= 4 is 0 Å². The predicted octanol–water partition coefficient (Wildman–Crippen LogP) is 3.63. The number of hydrogen-bond acceptors (Lipinski definition) is 3. The highest BCUT2D eigenvalue weighted by Gasteiger charge is 2.28. The second-order valence-electron chi connectivity index (χ2n) is 4.20. The van der Waals surface area contributed by atoms with Crippen LogP contribution in [0.5, 0.6) is 11.5 Å². The third kappa shape index (κ3) is 4.61. The molecule has 1 aromatic carbocycles. The summed E-state index contributed by atoms with van der Waals surface area (Å²) in [6.07, 6.45) is -2.04. The third-order valence-corrected chi connectivity index (χ3v) is 2.57. The molecule has 0 N–H and O–H groups in total. The Hall–Kier alpha value is -2.32. The highest BCUT2D eigenvalue weighted by Crippen LogP contribution is 2.28. The summed E-state index contributed by atoms with van der Waals surface area (Å²) in [5, 5.41) is 0. The van der Waals surface area contributed by atoms with Crippen LogP contribution in [0.4, 0.5) is 22.0 Å². The zero-order valence-corrected chi connectivity index (χ0v) is 11.1. The van der Waals surface area contributed by atoms with Crippen molar-refractivity contribution in [2.45, 2.75) is 25.9 Å². The van der Waals surface area contributed by atoms with Crippen LogP contribution in [0.25, 0.3) is 0 Å². The molecule has 1 heterocycles. The number of alkyl halides is 5. The minimum absolute atomic E-state index is 0.00985. The Morgan fingerprint density at radius 3 is 2.45 bits per heavy atom. The Labute approximate surface area is 122 Å². The van der Waals surface area contributed by atoms with Crippen LogP contribution >= 0.6 is 0 Å². The van der Waals surface area contributed by atoms with Gasteiger partial charge in [-0.25, -0.2) is 4.98 Å². The van der Waals surface area contributed by atoms with Crippen molar-refractivity contribution in [3.8, 4) is 11.5 Å². The lowest BCUT2D eigenvalue weighted by Gasteiger charge is -2.13. The first-order chi connectivity index (χ1) is 10.3. The van der Waals surface area contributed by atoms with Gasteiger partial charge in [-0.15, -0.1) is 0 Å². The summed E-state index contributed by atoms with van der Waals surface area (Å²) in [6.45, 7) is -4.55. The van der Waals surface area contributed by atoms with Crippen LogP contribution in [0.3, 0.4) is 0 Å². The molecule has 1 aromatic heterocycles. The van der Waals surface area contributed by atoms with E-state index in [-0.39, 0.29) is 23.9 Å². The first kappa shape index (κ1) is 16.1. The lowest BCUT2D eigenvalue weighted by atomic mass is 10.3. The maximum atomic E-state index is 12.4. The van der Waals surface area contributed by atoms with Crippen LogP contribution < -0.4 is 9.47 Å². The third-order valence-electron chi connectivity index (χ3n) is 2.57. The van der Waals surface area contributed by atoms with E-state index in [1.54, 1.807) is 0 Å². The van der Waals surface area contributed by atoms with Crippen molar-refractivity contribution < 1.29 is 31.4 Å². The number of para-hydroxylation sites is 2. The van der Waals surface area contributed by atoms with Crippen LogP contribution in [0, 0.1) is 0 Å². The highest BCUT2D eigenvalue weighted by molar-refractivity contribution is 5.39. The molecule has 0 aliphatic rings. The van der Waals surface area contributed by atoms with Crippen molar-refractivity contribution in [3.05, 3.63) is 42.5 Å². The number of rotatable bonds is 6. The Morgan fingerprint density at radius 2 is 1.82 bits per heavy atom. The van der Waals surface area contributed by atoms with Gasteiger partial charge >= 0.3 is 12.8 Å². The van der Waals surface area contributed by atoms with Crippen LogP contribution in [0.2, 0.25) is 0 Å². The fourth-order valence-electron chi connectivity index (χ4n) is 1.72. The van der Waals surface area contributed by atoms with E-state index >= 15 is 0 Å². The van der Waals surface area contributed by atoms with Crippen molar-refractivity contribution in [3.63, 3.8) is 0 Å². The minimum atomic E-state index is -4.40. The summed E-state index contributed by atoms with van der Waals surface area (Å²) in [5.74, 6) is -0.194. The Balaban J connectivity index is 2.07. The number of nitrogens with zero attached hydrogens (tertiary/aromatic N) is 2. The molecule has 0 bridgehead atoms. The standard InChI is InChI=1S/C13H11F5N2O2/c14-12(15)22-10-4-2-1-3-9(10)21-7-11-19-5-6-20(11)8-13(16,17)18/h1-6,12H,7-8H2. The molecule has 0 spiro atoms. The molecule has 2 aromatic rings. The molecular formula is C13H11F5N2O2. The Morgan fingerprint density at radius 1 is 1.14 bits per heavy atom. The number of benzene rings is 1. The maximum Gasteiger partial charge on any atom is 0.406 e. The largest absolute Gasteiger partial charge is 0.482 e. The van der Waals surface area contributed by atoms with Gasteiger partial charge in [0.05, 0.1) is 0 Å². The van der Waals surface area contributed by atoms with Gasteiger partial charge in [0.1, 0.15) is 19.0 Å². The highest BCUT2D eigenvalue weighted by atomic mass is 19.4. The fraction of sp³-hybridized carbons (Fsp3) is 0.308. The number of ether oxygens (including phenoxy) is 2. The van der Waals surface area contributed by atoms with Crippen LogP contribution in [0.1, 0.15) is 5.82 Å². The molecule has 0 saturated heterocycles. The molecule has 22 heavy (non-hydrogen) atoms. The molecule has 0 atom stereocenters. The van der Waals surface area contributed by atoms with Gasteiger partial charge in [0.25, 0.3) is 0 Å². The second kappa shape index (κ2) is 6.63. The Kier molecular flexibility index (Phi) is 4.84. The summed E-state index contributed by atoms with van der Waals surface area (Å²) in [7, 11) is 0. The van der Waals surface area contributed by atoms with E-state index in [0.29, 0.717) is 0 Å². The molecule has 2 rings (SSSR count). The molecule has 4 nitrogen and oxygen atoms in total. The zero-order chi connectivity index (χ0) is 16.2. The van der Waals surface area contributed by atoms with Crippen LogP contribution in [-0.4, -0.2) is 22.3 Å². The monoisotopic (exact) mass is 322 g/mol. The van der Waals surface area contributed by atoms with Crippen molar-refractivity contribution in [2.75, 3.05) is 0 Å². The van der Waals surface area contributed by atoms with E-state index in [1.807, 2.05) is 0 Å². The zero-order valence-electron chi connectivity index (χ0n) is 11.1. The lowest BCUT2D eigenvalue weighted by Crippen LogP contribution is -2.19. The number of aromatic nitrogens is 2. The van der Waals surface area contributed by atoms with Gasteiger partial charge < -0.3 is 14.0 Å². The summed E-state index contributed by atoms with van der Waals surface area (Å²) in [4.78, 5) is 3.76. The van der Waals surface area contributed by atoms with Gasteiger partial charge in [0.15, 0.2) is 11.5 Å². The minimum Gasteiger partial charge on any atom is -0.482 e. The Bertz CT molecular complexity index is 612. The number of imidazole rings is 1. The van der Waals surface area contributed by atoms with Gasteiger partial charge in [-0.3, -0.25) is 0 Å². The molecule has 0 aliphatic carbocycles. The van der Waals surface area contributed by atoms with E-state index in [1.165, 1.54) is 30.5 Å². The lowest BCUT2D eigenvalue weighted by molar-refractivity contribution is -0.141. The summed E-state index contributed by atoms with van der Waals surface area (Å²) in [5.41, 5.74) is 0. The molecule has 0 amide bonds. The van der Waals surface area contributed by atoms with Crippen molar-refractivity contribution in [2.24, 2.45) is 0 Å². The van der Waals surface area contributed by atoms with E-state index < -0.39 is 19.3 Å². The molecule has 0 fully saturated rings. The molecule has 0 aliphatic heterocycles. The molecule has 9 heteroatoms.